The molecule has 10 nitrogen and oxygen atoms in total. The van der Waals surface area contributed by atoms with Crippen molar-refractivity contribution in [2.24, 2.45) is 0 Å². The van der Waals surface area contributed by atoms with Crippen molar-refractivity contribution in [3.8, 4) is 5.82 Å². The summed E-state index contributed by atoms with van der Waals surface area (Å²) in [4.78, 5) is 10.6. The highest BCUT2D eigenvalue weighted by Crippen LogP contribution is 2.20. The quantitative estimate of drug-likeness (QED) is 0.646. The fraction of sp³-hybridized carbons (Fsp3) is 0.286. The lowest BCUT2D eigenvalue weighted by Gasteiger charge is -2.34. The summed E-state index contributed by atoms with van der Waals surface area (Å²) in [5.74, 6) is 1.40. The summed E-state index contributed by atoms with van der Waals surface area (Å²) in [6.07, 6.45) is 7.31. The maximum Gasteiger partial charge on any atom is 0.248 e. The Balaban J connectivity index is 1.48. The fourth-order valence-corrected chi connectivity index (χ4v) is 3.95. The molecular formula is C14H15N7O3S. The third-order valence-electron chi connectivity index (χ3n) is 3.99. The minimum absolute atomic E-state index is 0.0731. The van der Waals surface area contributed by atoms with Gasteiger partial charge in [0.25, 0.3) is 0 Å². The summed E-state index contributed by atoms with van der Waals surface area (Å²) in [6, 6.07) is 3.65. The summed E-state index contributed by atoms with van der Waals surface area (Å²) in [7, 11) is -3.56. The first-order valence-electron chi connectivity index (χ1n) is 7.61. The van der Waals surface area contributed by atoms with Gasteiger partial charge in [0, 0.05) is 44.6 Å². The Kier molecular flexibility index (Phi) is 3.93. The van der Waals surface area contributed by atoms with Crippen molar-refractivity contribution < 1.29 is 12.9 Å². The minimum Gasteiger partial charge on any atom is -0.363 e. The molecule has 3 aromatic rings. The molecule has 1 aliphatic rings. The van der Waals surface area contributed by atoms with Gasteiger partial charge < -0.3 is 9.42 Å². The van der Waals surface area contributed by atoms with Gasteiger partial charge >= 0.3 is 0 Å². The summed E-state index contributed by atoms with van der Waals surface area (Å²) >= 11 is 0. The fourth-order valence-electron chi connectivity index (χ4n) is 2.67. The molecule has 0 unspecified atom stereocenters. The molecule has 130 valence electrons. The zero-order valence-electron chi connectivity index (χ0n) is 13.1. The van der Waals surface area contributed by atoms with E-state index in [0.717, 1.165) is 12.1 Å². The number of hydrogen-bond acceptors (Lipinski definition) is 8. The Bertz CT molecular complexity index is 933. The first-order valence-corrected chi connectivity index (χ1v) is 9.05. The third kappa shape index (κ3) is 2.98. The van der Waals surface area contributed by atoms with E-state index in [9.17, 15) is 8.42 Å². The number of hydrogen-bond donors (Lipinski definition) is 0. The van der Waals surface area contributed by atoms with E-state index in [0.29, 0.717) is 32.0 Å². The van der Waals surface area contributed by atoms with E-state index in [2.05, 4.69) is 24.7 Å². The molecule has 0 aromatic carbocycles. The highest BCUT2D eigenvalue weighted by atomic mass is 32.2. The molecule has 4 rings (SSSR count). The van der Waals surface area contributed by atoms with Crippen LogP contribution in [0, 0.1) is 0 Å². The molecule has 0 saturated carbocycles. The van der Waals surface area contributed by atoms with Crippen LogP contribution in [-0.2, 0) is 10.0 Å². The highest BCUT2D eigenvalue weighted by Gasteiger charge is 2.30. The van der Waals surface area contributed by atoms with Crippen molar-refractivity contribution in [1.82, 2.24) is 29.2 Å². The number of sulfonamides is 1. The maximum atomic E-state index is 12.5. The van der Waals surface area contributed by atoms with Crippen LogP contribution < -0.4 is 4.90 Å². The predicted octanol–water partition coefficient (Wildman–Crippen LogP) is 0.161. The zero-order valence-corrected chi connectivity index (χ0v) is 13.9. The van der Waals surface area contributed by atoms with E-state index in [1.165, 1.54) is 16.8 Å². The number of rotatable bonds is 4. The van der Waals surface area contributed by atoms with Crippen LogP contribution in [0.4, 0.5) is 5.82 Å². The summed E-state index contributed by atoms with van der Waals surface area (Å²) in [5.41, 5.74) is 0. The molecule has 0 radical (unpaired) electrons. The van der Waals surface area contributed by atoms with Crippen LogP contribution in [0.3, 0.4) is 0 Å². The van der Waals surface area contributed by atoms with Crippen molar-refractivity contribution in [2.75, 3.05) is 31.1 Å². The van der Waals surface area contributed by atoms with Gasteiger partial charge in [0.1, 0.15) is 23.3 Å². The molecular weight excluding hydrogens is 346 g/mol. The van der Waals surface area contributed by atoms with Gasteiger partial charge in [-0.3, -0.25) is 0 Å². The molecule has 0 spiro atoms. The average molecular weight is 361 g/mol. The van der Waals surface area contributed by atoms with E-state index < -0.39 is 10.0 Å². The number of piperazine rings is 1. The van der Waals surface area contributed by atoms with E-state index >= 15 is 0 Å². The van der Waals surface area contributed by atoms with Crippen LogP contribution in [0.25, 0.3) is 5.82 Å². The van der Waals surface area contributed by atoms with Crippen LogP contribution in [0.15, 0.2) is 52.7 Å². The highest BCUT2D eigenvalue weighted by molar-refractivity contribution is 7.89. The van der Waals surface area contributed by atoms with Gasteiger partial charge in [0.15, 0.2) is 5.82 Å². The lowest BCUT2D eigenvalue weighted by atomic mass is 10.3. The van der Waals surface area contributed by atoms with Gasteiger partial charge in [0.05, 0.1) is 6.20 Å². The second-order valence-electron chi connectivity index (χ2n) is 5.44. The molecule has 3 aromatic heterocycles. The Morgan fingerprint density at radius 3 is 2.56 bits per heavy atom. The molecule has 0 aliphatic carbocycles. The Hall–Kier alpha value is -2.79. The Labute approximate surface area is 143 Å². The van der Waals surface area contributed by atoms with Gasteiger partial charge in [-0.25, -0.2) is 23.1 Å². The normalized spacial score (nSPS) is 16.2. The van der Waals surface area contributed by atoms with E-state index in [1.54, 1.807) is 17.1 Å². The topological polar surface area (TPSA) is 110 Å². The standard InChI is InChI=1S/C14H15N7O3S/c22-25(23,12-9-18-24-10-12)20-6-4-19(5-7-20)13-8-14(16-11-15-13)21-3-1-2-17-21/h1-3,8-11H,4-7H2. The molecule has 0 N–H and O–H groups in total. The Morgan fingerprint density at radius 2 is 1.88 bits per heavy atom. The van der Waals surface area contributed by atoms with Crippen molar-refractivity contribution in [3.05, 3.63) is 43.3 Å². The summed E-state index contributed by atoms with van der Waals surface area (Å²) < 4.78 is 32.7. The molecule has 1 aliphatic heterocycles. The van der Waals surface area contributed by atoms with Gasteiger partial charge in [-0.1, -0.05) is 5.16 Å². The van der Waals surface area contributed by atoms with Crippen LogP contribution >= 0.6 is 0 Å². The van der Waals surface area contributed by atoms with E-state index in [-0.39, 0.29) is 4.90 Å². The first kappa shape index (κ1) is 15.7. The molecule has 0 amide bonds. The molecule has 1 saturated heterocycles. The van der Waals surface area contributed by atoms with Crippen LogP contribution in [0.1, 0.15) is 0 Å². The second-order valence-corrected chi connectivity index (χ2v) is 7.37. The second kappa shape index (κ2) is 6.26. The monoisotopic (exact) mass is 361 g/mol. The molecule has 4 heterocycles. The smallest absolute Gasteiger partial charge is 0.248 e. The predicted molar refractivity (Wildman–Crippen MR) is 86.6 cm³/mol. The SMILES string of the molecule is O=S(=O)(c1cnoc1)N1CCN(c2cc(-n3cccn3)ncn2)CC1. The van der Waals surface area contributed by atoms with Crippen LogP contribution in [0.2, 0.25) is 0 Å². The molecule has 0 atom stereocenters. The van der Waals surface area contributed by atoms with Crippen molar-refractivity contribution in [2.45, 2.75) is 4.90 Å². The number of aromatic nitrogens is 5. The van der Waals surface area contributed by atoms with Crippen LogP contribution in [0.5, 0.6) is 0 Å². The maximum absolute atomic E-state index is 12.5. The average Bonchev–Trinajstić information content (AvgIpc) is 3.36. The van der Waals surface area contributed by atoms with E-state index in [4.69, 9.17) is 0 Å². The van der Waals surface area contributed by atoms with Crippen molar-refractivity contribution >= 4 is 15.8 Å². The molecule has 25 heavy (non-hydrogen) atoms. The van der Waals surface area contributed by atoms with Gasteiger partial charge in [-0.15, -0.1) is 0 Å². The molecule has 11 heteroatoms. The third-order valence-corrected chi connectivity index (χ3v) is 5.83. The number of nitrogens with zero attached hydrogens (tertiary/aromatic N) is 7. The summed E-state index contributed by atoms with van der Waals surface area (Å²) in [5, 5.41) is 7.61. The molecule has 1 fully saturated rings. The number of anilines is 1. The Morgan fingerprint density at radius 1 is 1.08 bits per heavy atom. The van der Waals surface area contributed by atoms with Crippen molar-refractivity contribution in [3.63, 3.8) is 0 Å². The largest absolute Gasteiger partial charge is 0.363 e. The molecule has 0 bridgehead atoms. The first-order chi connectivity index (χ1) is 12.1. The zero-order chi connectivity index (χ0) is 17.3. The van der Waals surface area contributed by atoms with Gasteiger partial charge in [-0.05, 0) is 6.07 Å². The lowest BCUT2D eigenvalue weighted by molar-refractivity contribution is 0.382. The van der Waals surface area contributed by atoms with Crippen LogP contribution in [-0.4, -0.2) is 63.8 Å². The van der Waals surface area contributed by atoms with Crippen molar-refractivity contribution in [1.29, 1.82) is 0 Å². The van der Waals surface area contributed by atoms with E-state index in [1.807, 2.05) is 17.0 Å². The minimum atomic E-state index is -3.56. The van der Waals surface area contributed by atoms with Gasteiger partial charge in [-0.2, -0.15) is 9.40 Å². The van der Waals surface area contributed by atoms with Gasteiger partial charge in [0.2, 0.25) is 10.0 Å². The lowest BCUT2D eigenvalue weighted by Crippen LogP contribution is -2.48. The summed E-state index contributed by atoms with van der Waals surface area (Å²) in [6.45, 7) is 1.77.